The van der Waals surface area contributed by atoms with Crippen LogP contribution in [-0.2, 0) is 16.6 Å². The zero-order valence-corrected chi connectivity index (χ0v) is 12.9. The fraction of sp³-hybridized carbons (Fsp3) is 0.231. The number of nitrogens with zero attached hydrogens (tertiary/aromatic N) is 1. The van der Waals surface area contributed by atoms with Crippen molar-refractivity contribution in [2.45, 2.75) is 11.4 Å². The van der Waals surface area contributed by atoms with Crippen molar-refractivity contribution >= 4 is 27.0 Å². The predicted molar refractivity (Wildman–Crippen MR) is 80.4 cm³/mol. The van der Waals surface area contributed by atoms with Gasteiger partial charge >= 0.3 is 0 Å². The lowest BCUT2D eigenvalue weighted by atomic mass is 10.3. The van der Waals surface area contributed by atoms with Gasteiger partial charge in [0.05, 0.1) is 7.11 Å². The number of rotatable bonds is 5. The highest BCUT2D eigenvalue weighted by molar-refractivity contribution is 7.89. The molecule has 0 atom stereocenters. The van der Waals surface area contributed by atoms with Crippen molar-refractivity contribution in [2.24, 2.45) is 0 Å². The summed E-state index contributed by atoms with van der Waals surface area (Å²) in [5, 5.41) is 3.83. The van der Waals surface area contributed by atoms with Gasteiger partial charge in [-0.3, -0.25) is 0 Å². The molecule has 0 saturated heterocycles. The molecule has 5 nitrogen and oxygen atoms in total. The van der Waals surface area contributed by atoms with Crippen LogP contribution in [0.1, 0.15) is 5.56 Å². The topological polar surface area (TPSA) is 72.6 Å². The maximum Gasteiger partial charge on any atom is 0.246 e. The van der Waals surface area contributed by atoms with Gasteiger partial charge in [0, 0.05) is 19.3 Å². The van der Waals surface area contributed by atoms with E-state index in [1.165, 1.54) is 35.9 Å². The zero-order valence-electron chi connectivity index (χ0n) is 11.2. The van der Waals surface area contributed by atoms with Crippen LogP contribution >= 0.6 is 11.3 Å². The smallest absolute Gasteiger partial charge is 0.246 e. The summed E-state index contributed by atoms with van der Waals surface area (Å²) >= 11 is 1.53. The van der Waals surface area contributed by atoms with E-state index in [0.717, 1.165) is 5.56 Å². The minimum atomic E-state index is -3.65. The Labute approximate surface area is 122 Å². The first-order valence-electron chi connectivity index (χ1n) is 5.86. The highest BCUT2D eigenvalue weighted by Gasteiger charge is 2.25. The van der Waals surface area contributed by atoms with Crippen LogP contribution in [0.15, 0.2) is 39.9 Å². The third-order valence-electron chi connectivity index (χ3n) is 2.86. The molecule has 0 saturated carbocycles. The maximum atomic E-state index is 12.6. The molecule has 0 spiro atoms. The fourth-order valence-electron chi connectivity index (χ4n) is 1.79. The van der Waals surface area contributed by atoms with E-state index in [1.807, 2.05) is 16.8 Å². The number of nitrogen functional groups attached to an aromatic ring is 1. The summed E-state index contributed by atoms with van der Waals surface area (Å²) in [7, 11) is -0.676. The van der Waals surface area contributed by atoms with Crippen molar-refractivity contribution in [3.63, 3.8) is 0 Å². The van der Waals surface area contributed by atoms with E-state index in [0.29, 0.717) is 12.2 Å². The molecule has 0 radical (unpaired) electrons. The molecule has 20 heavy (non-hydrogen) atoms. The lowest BCUT2D eigenvalue weighted by molar-refractivity contribution is 0.398. The second-order valence-electron chi connectivity index (χ2n) is 4.30. The number of hydrogen-bond donors (Lipinski definition) is 1. The number of hydrogen-bond acceptors (Lipinski definition) is 5. The third-order valence-corrected chi connectivity index (χ3v) is 5.42. The second kappa shape index (κ2) is 5.82. The van der Waals surface area contributed by atoms with Crippen LogP contribution < -0.4 is 10.5 Å². The van der Waals surface area contributed by atoms with Crippen molar-refractivity contribution in [3.05, 3.63) is 40.6 Å². The molecule has 2 N–H and O–H groups in total. The van der Waals surface area contributed by atoms with Crippen molar-refractivity contribution in [1.82, 2.24) is 4.31 Å². The van der Waals surface area contributed by atoms with Gasteiger partial charge in [0.25, 0.3) is 0 Å². The largest absolute Gasteiger partial charge is 0.495 e. The van der Waals surface area contributed by atoms with E-state index in [9.17, 15) is 8.42 Å². The first-order chi connectivity index (χ1) is 9.45. The lowest BCUT2D eigenvalue weighted by Gasteiger charge is -2.18. The Balaban J connectivity index is 2.36. The average Bonchev–Trinajstić information content (AvgIpc) is 2.91. The highest BCUT2D eigenvalue weighted by Crippen LogP contribution is 2.29. The van der Waals surface area contributed by atoms with Crippen molar-refractivity contribution < 1.29 is 13.2 Å². The van der Waals surface area contributed by atoms with Gasteiger partial charge in [-0.2, -0.15) is 15.6 Å². The summed E-state index contributed by atoms with van der Waals surface area (Å²) in [5.41, 5.74) is 7.01. The van der Waals surface area contributed by atoms with Gasteiger partial charge in [-0.15, -0.1) is 0 Å². The summed E-state index contributed by atoms with van der Waals surface area (Å²) in [5.74, 6) is 0.288. The van der Waals surface area contributed by atoms with Gasteiger partial charge < -0.3 is 10.5 Å². The Morgan fingerprint density at radius 3 is 2.70 bits per heavy atom. The number of anilines is 1. The molecule has 1 aromatic carbocycles. The quantitative estimate of drug-likeness (QED) is 0.859. The molecule has 7 heteroatoms. The first kappa shape index (κ1) is 14.8. The summed E-state index contributed by atoms with van der Waals surface area (Å²) in [6, 6.07) is 6.48. The molecule has 0 fully saturated rings. The van der Waals surface area contributed by atoms with Gasteiger partial charge in [0.2, 0.25) is 10.0 Å². The van der Waals surface area contributed by atoms with E-state index in [1.54, 1.807) is 12.1 Å². The second-order valence-corrected chi connectivity index (χ2v) is 7.10. The van der Waals surface area contributed by atoms with Crippen LogP contribution in [0, 0.1) is 0 Å². The number of benzene rings is 1. The van der Waals surface area contributed by atoms with Crippen molar-refractivity contribution in [3.8, 4) is 5.75 Å². The molecule has 0 aliphatic carbocycles. The Bertz CT molecular complexity index is 682. The number of nitrogens with two attached hydrogens (primary N) is 1. The maximum absolute atomic E-state index is 12.6. The predicted octanol–water partition coefficient (Wildman–Crippen LogP) is 2.16. The molecule has 0 aliphatic heterocycles. The molecule has 2 aromatic rings. The van der Waals surface area contributed by atoms with Gasteiger partial charge in [-0.25, -0.2) is 8.42 Å². The Morgan fingerprint density at radius 2 is 2.10 bits per heavy atom. The number of sulfonamides is 1. The van der Waals surface area contributed by atoms with Gasteiger partial charge in [-0.05, 0) is 40.6 Å². The normalized spacial score (nSPS) is 11.8. The monoisotopic (exact) mass is 312 g/mol. The minimum absolute atomic E-state index is 0.0812. The molecule has 1 aromatic heterocycles. The molecule has 0 aliphatic rings. The van der Waals surface area contributed by atoms with Gasteiger partial charge in [0.1, 0.15) is 10.6 Å². The van der Waals surface area contributed by atoms with Crippen LogP contribution in [0.2, 0.25) is 0 Å². The summed E-state index contributed by atoms with van der Waals surface area (Å²) in [6.07, 6.45) is 0. The van der Waals surface area contributed by atoms with Gasteiger partial charge in [-0.1, -0.05) is 0 Å². The van der Waals surface area contributed by atoms with Crippen LogP contribution in [-0.4, -0.2) is 26.9 Å². The lowest BCUT2D eigenvalue weighted by Crippen LogP contribution is -2.26. The SMILES string of the molecule is COc1ccc(N)cc1S(=O)(=O)N(C)Cc1ccsc1. The van der Waals surface area contributed by atoms with Crippen LogP contribution in [0.3, 0.4) is 0 Å². The van der Waals surface area contributed by atoms with E-state index in [-0.39, 0.29) is 10.6 Å². The molecule has 0 bridgehead atoms. The summed E-state index contributed by atoms with van der Waals surface area (Å²) in [6.45, 7) is 0.309. The zero-order chi connectivity index (χ0) is 14.8. The standard InChI is InChI=1S/C13H16N2O3S2/c1-15(8-10-5-6-19-9-10)20(16,17)13-7-11(14)3-4-12(13)18-2/h3-7,9H,8,14H2,1-2H3. The van der Waals surface area contributed by atoms with Crippen LogP contribution in [0.5, 0.6) is 5.75 Å². The Hall–Kier alpha value is -1.57. The third kappa shape index (κ3) is 2.95. The van der Waals surface area contributed by atoms with E-state index >= 15 is 0 Å². The molecule has 2 rings (SSSR count). The van der Waals surface area contributed by atoms with E-state index in [2.05, 4.69) is 0 Å². The molecular formula is C13H16N2O3S2. The van der Waals surface area contributed by atoms with Crippen molar-refractivity contribution in [1.29, 1.82) is 0 Å². The van der Waals surface area contributed by atoms with E-state index in [4.69, 9.17) is 10.5 Å². The molecule has 0 unspecified atom stereocenters. The number of thiophene rings is 1. The van der Waals surface area contributed by atoms with Crippen LogP contribution in [0.4, 0.5) is 5.69 Å². The van der Waals surface area contributed by atoms with E-state index < -0.39 is 10.0 Å². The molecular weight excluding hydrogens is 296 g/mol. The molecule has 108 valence electrons. The number of ether oxygens (including phenoxy) is 1. The Kier molecular flexibility index (Phi) is 4.32. The average molecular weight is 312 g/mol. The first-order valence-corrected chi connectivity index (χ1v) is 8.24. The van der Waals surface area contributed by atoms with Crippen molar-refractivity contribution in [2.75, 3.05) is 19.9 Å². The summed E-state index contributed by atoms with van der Waals surface area (Å²) < 4.78 is 31.6. The number of methoxy groups -OCH3 is 1. The Morgan fingerprint density at radius 1 is 1.35 bits per heavy atom. The van der Waals surface area contributed by atoms with Crippen LogP contribution in [0.25, 0.3) is 0 Å². The minimum Gasteiger partial charge on any atom is -0.495 e. The molecule has 1 heterocycles. The van der Waals surface area contributed by atoms with Gasteiger partial charge in [0.15, 0.2) is 0 Å². The summed E-state index contributed by atoms with van der Waals surface area (Å²) in [4.78, 5) is 0.0812. The highest BCUT2D eigenvalue weighted by atomic mass is 32.2. The molecule has 0 amide bonds. The fourth-order valence-corrected chi connectivity index (χ4v) is 3.79.